The van der Waals surface area contributed by atoms with Crippen LogP contribution < -0.4 is 5.56 Å². The Morgan fingerprint density at radius 1 is 1.25 bits per heavy atom. The molecular weight excluding hydrogens is 419 g/mol. The first kappa shape index (κ1) is 19.9. The van der Waals surface area contributed by atoms with Crippen LogP contribution in [0.1, 0.15) is 35.8 Å². The fraction of sp³-hybridized carbons (Fsp3) is 0.286. The van der Waals surface area contributed by atoms with E-state index in [0.29, 0.717) is 55.1 Å². The number of hydrogen-bond acceptors (Lipinski definition) is 6. The molecule has 4 aromatic rings. The van der Waals surface area contributed by atoms with Gasteiger partial charge in [0.2, 0.25) is 0 Å². The van der Waals surface area contributed by atoms with Crippen LogP contribution in [0.2, 0.25) is 0 Å². The molecule has 164 valence electrons. The van der Waals surface area contributed by atoms with E-state index in [9.17, 15) is 14.0 Å². The monoisotopic (exact) mass is 438 g/mol. The normalized spacial score (nSPS) is 14.8. The van der Waals surface area contributed by atoms with Crippen LogP contribution in [-0.4, -0.2) is 53.9 Å². The summed E-state index contributed by atoms with van der Waals surface area (Å²) in [6.07, 6.45) is 2.18. The summed E-state index contributed by atoms with van der Waals surface area (Å²) in [7, 11) is 0. The molecule has 0 radical (unpaired) electrons. The lowest BCUT2D eigenvalue weighted by Crippen LogP contribution is -2.37. The summed E-state index contributed by atoms with van der Waals surface area (Å²) < 4.78 is 20.1. The molecule has 0 unspecified atom stereocenters. The van der Waals surface area contributed by atoms with Crippen LogP contribution in [0.5, 0.6) is 0 Å². The van der Waals surface area contributed by atoms with E-state index in [0.717, 1.165) is 5.56 Å². The lowest BCUT2D eigenvalue weighted by molar-refractivity contribution is 0.131. The number of aromatic amines is 1. The molecule has 11 heteroatoms. The molecule has 0 atom stereocenters. The minimum Gasteiger partial charge on any atom is -0.465 e. The molecular formula is C21H19FN6O4. The summed E-state index contributed by atoms with van der Waals surface area (Å²) in [6, 6.07) is 7.54. The van der Waals surface area contributed by atoms with Gasteiger partial charge in [-0.2, -0.15) is 10.1 Å². The molecule has 1 fully saturated rings. The predicted molar refractivity (Wildman–Crippen MR) is 110 cm³/mol. The second kappa shape index (κ2) is 7.91. The molecule has 32 heavy (non-hydrogen) atoms. The number of benzene rings is 1. The maximum Gasteiger partial charge on any atom is 0.407 e. The van der Waals surface area contributed by atoms with E-state index in [-0.39, 0.29) is 23.2 Å². The summed E-state index contributed by atoms with van der Waals surface area (Å²) in [5.74, 6) is 0.318. The molecule has 0 bridgehead atoms. The third-order valence-electron chi connectivity index (χ3n) is 5.69. The number of aromatic nitrogens is 5. The average Bonchev–Trinajstić information content (AvgIpc) is 3.41. The molecule has 2 N–H and O–H groups in total. The topological polar surface area (TPSA) is 130 Å². The summed E-state index contributed by atoms with van der Waals surface area (Å²) in [4.78, 5) is 32.1. The molecule has 0 spiro atoms. The number of nitrogens with one attached hydrogen (secondary N) is 1. The number of likely N-dealkylation sites (tertiary alicyclic amines) is 1. The number of halogens is 1. The summed E-state index contributed by atoms with van der Waals surface area (Å²) in [6.45, 7) is 0.803. The first-order valence-electron chi connectivity index (χ1n) is 10.1. The molecule has 1 amide bonds. The second-order valence-electron chi connectivity index (χ2n) is 7.74. The van der Waals surface area contributed by atoms with Crippen LogP contribution in [-0.2, 0) is 6.42 Å². The van der Waals surface area contributed by atoms with E-state index >= 15 is 0 Å². The number of hydrogen-bond donors (Lipinski definition) is 2. The Hall–Kier alpha value is -4.02. The van der Waals surface area contributed by atoms with Gasteiger partial charge in [-0.3, -0.25) is 4.79 Å². The number of amides is 1. The van der Waals surface area contributed by atoms with Gasteiger partial charge in [0.1, 0.15) is 17.0 Å². The zero-order chi connectivity index (χ0) is 22.2. The number of rotatable bonds is 4. The highest BCUT2D eigenvalue weighted by molar-refractivity contribution is 5.71. The van der Waals surface area contributed by atoms with Gasteiger partial charge in [0.15, 0.2) is 5.82 Å². The zero-order valence-electron chi connectivity index (χ0n) is 16.9. The van der Waals surface area contributed by atoms with Crippen molar-refractivity contribution in [2.24, 2.45) is 0 Å². The number of carbonyl (C=O) groups is 1. The van der Waals surface area contributed by atoms with Gasteiger partial charge < -0.3 is 19.5 Å². The Balaban J connectivity index is 1.44. The molecule has 10 nitrogen and oxygen atoms in total. The minimum absolute atomic E-state index is 0.000118. The Bertz CT molecular complexity index is 1330. The predicted octanol–water partition coefficient (Wildman–Crippen LogP) is 2.66. The Kier molecular flexibility index (Phi) is 4.92. The third kappa shape index (κ3) is 3.72. The Morgan fingerprint density at radius 2 is 2.00 bits per heavy atom. The van der Waals surface area contributed by atoms with E-state index in [2.05, 4.69) is 20.2 Å². The highest BCUT2D eigenvalue weighted by atomic mass is 19.1. The molecule has 1 aliphatic heterocycles. The van der Waals surface area contributed by atoms with Crippen LogP contribution >= 0.6 is 0 Å². The maximum absolute atomic E-state index is 13.1. The molecule has 1 aromatic carbocycles. The SMILES string of the molecule is O=C(O)N1CCC(c2cc(=O)[nH]c3c(-c4nc(Cc5ccc(F)cc5)no4)cnn23)CC1. The molecule has 4 heterocycles. The first-order chi connectivity index (χ1) is 15.5. The lowest BCUT2D eigenvalue weighted by atomic mass is 9.93. The van der Waals surface area contributed by atoms with Crippen molar-refractivity contribution in [3.8, 4) is 11.5 Å². The summed E-state index contributed by atoms with van der Waals surface area (Å²) >= 11 is 0. The Labute approximate surface area is 180 Å². The van der Waals surface area contributed by atoms with Crippen LogP contribution in [0, 0.1) is 5.82 Å². The molecule has 5 rings (SSSR count). The second-order valence-corrected chi connectivity index (χ2v) is 7.74. The van der Waals surface area contributed by atoms with Crippen molar-refractivity contribution in [3.05, 3.63) is 69.8 Å². The van der Waals surface area contributed by atoms with Crippen LogP contribution in [0.4, 0.5) is 9.18 Å². The van der Waals surface area contributed by atoms with Gasteiger partial charge in [0.25, 0.3) is 11.4 Å². The smallest absolute Gasteiger partial charge is 0.407 e. The molecule has 0 saturated carbocycles. The number of H-pyrrole nitrogens is 1. The molecule has 1 aliphatic rings. The number of nitrogens with zero attached hydrogens (tertiary/aromatic N) is 5. The van der Waals surface area contributed by atoms with Crippen molar-refractivity contribution in [3.63, 3.8) is 0 Å². The van der Waals surface area contributed by atoms with Crippen molar-refractivity contribution >= 4 is 11.7 Å². The number of piperidine rings is 1. The van der Waals surface area contributed by atoms with E-state index in [1.807, 2.05) is 0 Å². The maximum atomic E-state index is 13.1. The lowest BCUT2D eigenvalue weighted by Gasteiger charge is -2.30. The average molecular weight is 438 g/mol. The van der Waals surface area contributed by atoms with Gasteiger partial charge in [-0.25, -0.2) is 13.7 Å². The fourth-order valence-corrected chi connectivity index (χ4v) is 4.05. The van der Waals surface area contributed by atoms with E-state index in [1.54, 1.807) is 22.8 Å². The van der Waals surface area contributed by atoms with Crippen LogP contribution in [0.25, 0.3) is 17.1 Å². The number of fused-ring (bicyclic) bond motifs is 1. The standard InChI is InChI=1S/C21H19FN6O4/c22-14-3-1-12(2-4-14)9-17-24-20(32-26-17)15-11-23-28-16(10-18(29)25-19(15)28)13-5-7-27(8-6-13)21(30)31/h1-4,10-11,13H,5-9H2,(H,25,29)(H,30,31). The van der Waals surface area contributed by atoms with Gasteiger partial charge in [-0.05, 0) is 30.5 Å². The largest absolute Gasteiger partial charge is 0.465 e. The molecule has 0 aliphatic carbocycles. The quantitative estimate of drug-likeness (QED) is 0.501. The van der Waals surface area contributed by atoms with Crippen molar-refractivity contribution in [2.75, 3.05) is 13.1 Å². The van der Waals surface area contributed by atoms with E-state index < -0.39 is 6.09 Å². The van der Waals surface area contributed by atoms with Gasteiger partial charge >= 0.3 is 6.09 Å². The van der Waals surface area contributed by atoms with Gasteiger partial charge in [0.05, 0.1) is 11.9 Å². The van der Waals surface area contributed by atoms with Crippen molar-refractivity contribution < 1.29 is 18.8 Å². The zero-order valence-corrected chi connectivity index (χ0v) is 16.9. The fourth-order valence-electron chi connectivity index (χ4n) is 4.05. The number of carboxylic acid groups (broad SMARTS) is 1. The van der Waals surface area contributed by atoms with Crippen molar-refractivity contribution in [1.29, 1.82) is 0 Å². The van der Waals surface area contributed by atoms with E-state index in [4.69, 9.17) is 9.63 Å². The van der Waals surface area contributed by atoms with Gasteiger partial charge in [-0.1, -0.05) is 17.3 Å². The summed E-state index contributed by atoms with van der Waals surface area (Å²) in [5, 5.41) is 17.6. The van der Waals surface area contributed by atoms with Crippen molar-refractivity contribution in [1.82, 2.24) is 29.6 Å². The van der Waals surface area contributed by atoms with Gasteiger partial charge in [-0.15, -0.1) is 0 Å². The van der Waals surface area contributed by atoms with Crippen LogP contribution in [0.15, 0.2) is 45.8 Å². The van der Waals surface area contributed by atoms with Gasteiger partial charge in [0, 0.05) is 31.5 Å². The molecule has 1 saturated heterocycles. The minimum atomic E-state index is -0.936. The molecule has 3 aromatic heterocycles. The van der Waals surface area contributed by atoms with Crippen LogP contribution in [0.3, 0.4) is 0 Å². The third-order valence-corrected chi connectivity index (χ3v) is 5.69. The van der Waals surface area contributed by atoms with Crippen molar-refractivity contribution in [2.45, 2.75) is 25.2 Å². The summed E-state index contributed by atoms with van der Waals surface area (Å²) in [5.41, 5.74) is 2.18. The van der Waals surface area contributed by atoms with E-state index in [1.165, 1.54) is 23.1 Å². The Morgan fingerprint density at radius 3 is 2.72 bits per heavy atom. The highest BCUT2D eigenvalue weighted by Crippen LogP contribution is 2.29. The first-order valence-corrected chi connectivity index (χ1v) is 10.1. The highest BCUT2D eigenvalue weighted by Gasteiger charge is 2.27.